The molecule has 1 aromatic carbocycles. The number of aliphatic hydroxyl groups is 1. The Morgan fingerprint density at radius 1 is 1.07 bits per heavy atom. The zero-order valence-electron chi connectivity index (χ0n) is 16.0. The molecule has 15 heteroatoms. The SMILES string of the molecule is CN(C)S(=O)(=O)S(=O)(=O)Nc1ccc(NCCO)nc1Nc1ccc2n[nH]nc2c1. The van der Waals surface area contributed by atoms with Crippen LogP contribution in [0.3, 0.4) is 0 Å². The number of hydrogen-bond donors (Lipinski definition) is 5. The number of nitrogens with zero attached hydrogens (tertiary/aromatic N) is 4. The number of aliphatic hydroxyl groups excluding tert-OH is 1. The maximum atomic E-state index is 12.4. The molecule has 5 N–H and O–H groups in total. The Bertz CT molecular complexity index is 1260. The summed E-state index contributed by atoms with van der Waals surface area (Å²) in [7, 11) is -7.22. The topological polar surface area (TPSA) is 182 Å². The minimum absolute atomic E-state index is 0.0401. The number of aromatic nitrogens is 4. The summed E-state index contributed by atoms with van der Waals surface area (Å²) in [4.78, 5) is 4.27. The van der Waals surface area contributed by atoms with E-state index >= 15 is 0 Å². The van der Waals surface area contributed by atoms with Gasteiger partial charge in [-0.2, -0.15) is 36.6 Å². The molecule has 0 aliphatic heterocycles. The van der Waals surface area contributed by atoms with Crippen molar-refractivity contribution < 1.29 is 21.9 Å². The molecular weight excluding hydrogens is 436 g/mol. The lowest BCUT2D eigenvalue weighted by Crippen LogP contribution is -2.34. The van der Waals surface area contributed by atoms with Gasteiger partial charge in [-0.25, -0.2) is 4.98 Å². The fraction of sp³-hybridized carbons (Fsp3) is 0.267. The molecule has 3 aromatic rings. The third-order valence-corrected chi connectivity index (χ3v) is 8.58. The second kappa shape index (κ2) is 8.39. The van der Waals surface area contributed by atoms with Crippen LogP contribution in [0.4, 0.5) is 23.0 Å². The Hall–Kier alpha value is -3.01. The van der Waals surface area contributed by atoms with Crippen LogP contribution in [0.25, 0.3) is 11.0 Å². The van der Waals surface area contributed by atoms with E-state index in [-0.39, 0.29) is 24.7 Å². The van der Waals surface area contributed by atoms with Gasteiger partial charge in [0.1, 0.15) is 16.9 Å². The lowest BCUT2D eigenvalue weighted by Gasteiger charge is -2.17. The van der Waals surface area contributed by atoms with Crippen LogP contribution in [0.5, 0.6) is 0 Å². The standard InChI is InChI=1S/C15H20N8O5S2/c1-23(2)30(27,28)29(25,26)21-12-5-6-14(16-7-8-24)18-15(12)17-10-3-4-11-13(9-10)20-22-19-11/h3-6,9,21,24H,7-8H2,1-2H3,(H2,16,17,18)(H,19,20,22). The molecule has 30 heavy (non-hydrogen) atoms. The summed E-state index contributed by atoms with van der Waals surface area (Å²) in [6.07, 6.45) is 0. The van der Waals surface area contributed by atoms with Crippen LogP contribution in [0, 0.1) is 0 Å². The van der Waals surface area contributed by atoms with Crippen LogP contribution in [0.1, 0.15) is 0 Å². The van der Waals surface area contributed by atoms with Gasteiger partial charge in [-0.1, -0.05) is 0 Å². The van der Waals surface area contributed by atoms with Gasteiger partial charge in [0, 0.05) is 26.3 Å². The molecule has 0 atom stereocenters. The Kier molecular flexibility index (Phi) is 6.06. The van der Waals surface area contributed by atoms with Crippen molar-refractivity contribution in [2.24, 2.45) is 0 Å². The molecule has 0 unspecified atom stereocenters. The minimum Gasteiger partial charge on any atom is -0.395 e. The monoisotopic (exact) mass is 456 g/mol. The number of hydrogen-bond acceptors (Lipinski definition) is 10. The Morgan fingerprint density at radius 3 is 2.50 bits per heavy atom. The van der Waals surface area contributed by atoms with Crippen LogP contribution in [-0.4, -0.2) is 73.9 Å². The average molecular weight is 457 g/mol. The highest BCUT2D eigenvalue weighted by Gasteiger charge is 2.33. The quantitative estimate of drug-likeness (QED) is 0.276. The van der Waals surface area contributed by atoms with Gasteiger partial charge in [-0.15, -0.1) is 0 Å². The highest BCUT2D eigenvalue weighted by Crippen LogP contribution is 2.28. The van der Waals surface area contributed by atoms with Gasteiger partial charge < -0.3 is 15.7 Å². The van der Waals surface area contributed by atoms with Gasteiger partial charge in [-0.05, 0) is 30.3 Å². The number of nitrogens with one attached hydrogen (secondary N) is 4. The fourth-order valence-electron chi connectivity index (χ4n) is 2.36. The van der Waals surface area contributed by atoms with E-state index in [2.05, 4.69) is 35.8 Å². The predicted octanol–water partition coefficient (Wildman–Crippen LogP) is 0.0488. The number of aromatic amines is 1. The minimum atomic E-state index is -4.80. The van der Waals surface area contributed by atoms with Gasteiger partial charge in [0.05, 0.1) is 12.3 Å². The summed E-state index contributed by atoms with van der Waals surface area (Å²) in [5.74, 6) is 0.380. The number of benzene rings is 1. The van der Waals surface area contributed by atoms with E-state index < -0.39 is 18.1 Å². The van der Waals surface area contributed by atoms with E-state index in [0.717, 1.165) is 14.1 Å². The van der Waals surface area contributed by atoms with E-state index in [1.807, 2.05) is 0 Å². The van der Waals surface area contributed by atoms with Crippen LogP contribution in [0.2, 0.25) is 0 Å². The molecule has 0 bridgehead atoms. The van der Waals surface area contributed by atoms with Gasteiger partial charge >= 0.3 is 18.1 Å². The molecule has 0 saturated heterocycles. The van der Waals surface area contributed by atoms with Crippen molar-refractivity contribution in [3.05, 3.63) is 30.3 Å². The first-order chi connectivity index (χ1) is 14.1. The molecule has 13 nitrogen and oxygen atoms in total. The summed E-state index contributed by atoms with van der Waals surface area (Å²) in [5, 5.41) is 25.2. The highest BCUT2D eigenvalue weighted by atomic mass is 33.2. The third-order valence-electron chi connectivity index (χ3n) is 3.85. The van der Waals surface area contributed by atoms with Gasteiger partial charge in [0.25, 0.3) is 0 Å². The first-order valence-electron chi connectivity index (χ1n) is 8.52. The fourth-order valence-corrected chi connectivity index (χ4v) is 5.05. The summed E-state index contributed by atoms with van der Waals surface area (Å²) < 4.78 is 51.7. The zero-order valence-corrected chi connectivity index (χ0v) is 17.6. The van der Waals surface area contributed by atoms with Gasteiger partial charge in [0.2, 0.25) is 0 Å². The smallest absolute Gasteiger partial charge is 0.353 e. The van der Waals surface area contributed by atoms with Crippen LogP contribution < -0.4 is 15.4 Å². The van der Waals surface area contributed by atoms with Crippen molar-refractivity contribution >= 4 is 52.2 Å². The molecule has 3 rings (SSSR count). The van der Waals surface area contributed by atoms with Crippen LogP contribution in [0.15, 0.2) is 30.3 Å². The third kappa shape index (κ3) is 4.43. The van der Waals surface area contributed by atoms with Crippen molar-refractivity contribution in [1.29, 1.82) is 0 Å². The Morgan fingerprint density at radius 2 is 1.80 bits per heavy atom. The van der Waals surface area contributed by atoms with E-state index in [4.69, 9.17) is 5.11 Å². The largest absolute Gasteiger partial charge is 0.395 e. The maximum absolute atomic E-state index is 12.4. The number of rotatable bonds is 9. The van der Waals surface area contributed by atoms with E-state index in [1.165, 1.54) is 12.1 Å². The van der Waals surface area contributed by atoms with Crippen LogP contribution in [-0.2, 0) is 18.1 Å². The summed E-state index contributed by atoms with van der Waals surface area (Å²) in [6.45, 7) is 0.0835. The molecule has 0 aliphatic carbocycles. The molecule has 0 radical (unpaired) electrons. The Labute approximate surface area is 172 Å². The first kappa shape index (κ1) is 21.7. The van der Waals surface area contributed by atoms with Crippen molar-refractivity contribution in [1.82, 2.24) is 24.7 Å². The normalized spacial score (nSPS) is 12.3. The molecule has 0 amide bonds. The molecule has 0 aliphatic rings. The van der Waals surface area contributed by atoms with Crippen molar-refractivity contribution in [3.63, 3.8) is 0 Å². The van der Waals surface area contributed by atoms with Crippen molar-refractivity contribution in [2.75, 3.05) is 42.6 Å². The van der Waals surface area contributed by atoms with Gasteiger partial charge in [0.15, 0.2) is 5.82 Å². The molecule has 162 valence electrons. The Balaban J connectivity index is 1.99. The number of anilines is 4. The predicted molar refractivity (Wildman–Crippen MR) is 112 cm³/mol. The molecular formula is C15H20N8O5S2. The lowest BCUT2D eigenvalue weighted by molar-refractivity contribution is 0.311. The first-order valence-corrected chi connectivity index (χ1v) is 12.0. The van der Waals surface area contributed by atoms with E-state index in [1.54, 1.807) is 18.2 Å². The lowest BCUT2D eigenvalue weighted by atomic mass is 10.2. The van der Waals surface area contributed by atoms with E-state index in [0.29, 0.717) is 26.8 Å². The van der Waals surface area contributed by atoms with Crippen LogP contribution >= 0.6 is 0 Å². The molecule has 2 aromatic heterocycles. The second-order valence-electron chi connectivity index (χ2n) is 6.19. The second-order valence-corrected chi connectivity index (χ2v) is 11.5. The van der Waals surface area contributed by atoms with Gasteiger partial charge in [-0.3, -0.25) is 4.72 Å². The number of fused-ring (bicyclic) bond motifs is 1. The number of pyridine rings is 1. The summed E-state index contributed by atoms with van der Waals surface area (Å²) in [6, 6.07) is 7.82. The average Bonchev–Trinajstić information content (AvgIpc) is 3.15. The molecule has 2 heterocycles. The van der Waals surface area contributed by atoms with Crippen molar-refractivity contribution in [3.8, 4) is 0 Å². The maximum Gasteiger partial charge on any atom is 0.353 e. The van der Waals surface area contributed by atoms with Crippen molar-refractivity contribution in [2.45, 2.75) is 0 Å². The number of H-pyrrole nitrogens is 1. The highest BCUT2D eigenvalue weighted by molar-refractivity contribution is 8.66. The summed E-state index contributed by atoms with van der Waals surface area (Å²) >= 11 is 0. The zero-order chi connectivity index (χ0) is 21.9. The molecule has 0 fully saturated rings. The summed E-state index contributed by atoms with van der Waals surface area (Å²) in [5.41, 5.74) is 1.62. The van der Waals surface area contributed by atoms with E-state index in [9.17, 15) is 16.8 Å². The molecule has 0 spiro atoms. The molecule has 0 saturated carbocycles.